The first-order valence-electron chi connectivity index (χ1n) is 9.17. The lowest BCUT2D eigenvalue weighted by atomic mass is 9.94. The van der Waals surface area contributed by atoms with Crippen molar-refractivity contribution in [2.75, 3.05) is 13.7 Å². The lowest BCUT2D eigenvalue weighted by Gasteiger charge is -2.36. The molecule has 2 aromatic heterocycles. The predicted octanol–water partition coefficient (Wildman–Crippen LogP) is 3.85. The second kappa shape index (κ2) is 7.61. The number of H-pyrrole nitrogens is 1. The number of aromatic amines is 1. The molecular formula is C21H22N4O2. The lowest BCUT2D eigenvalue weighted by Crippen LogP contribution is -2.38. The molecule has 0 bridgehead atoms. The van der Waals surface area contributed by atoms with Gasteiger partial charge in [0.2, 0.25) is 0 Å². The molecule has 1 N–H and O–H groups in total. The van der Waals surface area contributed by atoms with Crippen LogP contribution in [-0.2, 0) is 0 Å². The Morgan fingerprint density at radius 2 is 2.04 bits per heavy atom. The Labute approximate surface area is 158 Å². The van der Waals surface area contributed by atoms with Gasteiger partial charge in [0.15, 0.2) is 0 Å². The minimum absolute atomic E-state index is 0.0182. The molecular weight excluding hydrogens is 340 g/mol. The second-order valence-electron chi connectivity index (χ2n) is 6.69. The molecule has 0 unspecified atom stereocenters. The fraction of sp³-hybridized carbons (Fsp3) is 0.286. The quantitative estimate of drug-likeness (QED) is 0.765. The Morgan fingerprint density at radius 1 is 1.19 bits per heavy atom. The van der Waals surface area contributed by atoms with Crippen LogP contribution in [-0.4, -0.2) is 39.6 Å². The molecule has 1 atom stereocenters. The van der Waals surface area contributed by atoms with E-state index in [-0.39, 0.29) is 11.9 Å². The highest BCUT2D eigenvalue weighted by Crippen LogP contribution is 2.33. The minimum Gasteiger partial charge on any atom is -0.497 e. The van der Waals surface area contributed by atoms with Crippen molar-refractivity contribution in [3.63, 3.8) is 0 Å². The Hall–Kier alpha value is -3.15. The fourth-order valence-corrected chi connectivity index (χ4v) is 3.63. The summed E-state index contributed by atoms with van der Waals surface area (Å²) in [5.74, 6) is 0.794. The minimum atomic E-state index is -0.0182. The zero-order chi connectivity index (χ0) is 18.6. The number of methoxy groups -OCH3 is 1. The van der Waals surface area contributed by atoms with Crippen LogP contribution in [0, 0.1) is 0 Å². The lowest BCUT2D eigenvalue weighted by molar-refractivity contribution is 0.0605. The number of aromatic nitrogens is 3. The van der Waals surface area contributed by atoms with Crippen LogP contribution in [0.25, 0.3) is 11.3 Å². The highest BCUT2D eigenvalue weighted by atomic mass is 16.5. The first-order chi connectivity index (χ1) is 13.3. The zero-order valence-corrected chi connectivity index (χ0v) is 15.3. The number of ether oxygens (including phenoxy) is 1. The third-order valence-electron chi connectivity index (χ3n) is 5.03. The number of amides is 1. The number of carbonyl (C=O) groups is 1. The summed E-state index contributed by atoms with van der Waals surface area (Å²) in [5.41, 5.74) is 3.30. The maximum absolute atomic E-state index is 13.2. The van der Waals surface area contributed by atoms with E-state index in [9.17, 15) is 4.79 Å². The molecule has 0 aliphatic carbocycles. The molecule has 0 saturated carbocycles. The molecule has 27 heavy (non-hydrogen) atoms. The van der Waals surface area contributed by atoms with Crippen LogP contribution >= 0.6 is 0 Å². The first-order valence-corrected chi connectivity index (χ1v) is 9.17. The number of carbonyl (C=O) groups excluding carboxylic acids is 1. The monoisotopic (exact) mass is 362 g/mol. The molecule has 3 heterocycles. The topological polar surface area (TPSA) is 71.1 Å². The Kier molecular flexibility index (Phi) is 4.87. The van der Waals surface area contributed by atoms with Gasteiger partial charge in [0.05, 0.1) is 18.8 Å². The van der Waals surface area contributed by atoms with E-state index in [0.29, 0.717) is 5.69 Å². The standard InChI is InChI=1S/C21H22N4O2/c1-27-17-6-4-5-16(13-17)20-7-2-3-12-25(20)21(26)19-14-18(23-24-19)15-8-10-22-11-9-15/h4-6,8-11,13-14,20H,2-3,7,12H2,1H3,(H,23,24)/t20-/m0/s1. The van der Waals surface area contributed by atoms with Crippen LogP contribution in [0.15, 0.2) is 54.9 Å². The number of hydrogen-bond acceptors (Lipinski definition) is 4. The van der Waals surface area contributed by atoms with Gasteiger partial charge in [0.1, 0.15) is 11.4 Å². The molecule has 6 heteroatoms. The van der Waals surface area contributed by atoms with Gasteiger partial charge in [-0.2, -0.15) is 5.10 Å². The van der Waals surface area contributed by atoms with Crippen molar-refractivity contribution in [1.29, 1.82) is 0 Å². The average Bonchev–Trinajstić information content (AvgIpc) is 3.24. The number of rotatable bonds is 4. The van der Waals surface area contributed by atoms with E-state index in [0.717, 1.165) is 48.4 Å². The molecule has 1 saturated heterocycles. The van der Waals surface area contributed by atoms with E-state index in [1.54, 1.807) is 19.5 Å². The van der Waals surface area contributed by atoms with Crippen molar-refractivity contribution in [2.45, 2.75) is 25.3 Å². The summed E-state index contributed by atoms with van der Waals surface area (Å²) >= 11 is 0. The molecule has 1 aliphatic rings. The Morgan fingerprint density at radius 3 is 2.85 bits per heavy atom. The maximum atomic E-state index is 13.2. The van der Waals surface area contributed by atoms with Crippen molar-refractivity contribution in [3.8, 4) is 17.0 Å². The number of nitrogens with one attached hydrogen (secondary N) is 1. The largest absolute Gasteiger partial charge is 0.497 e. The number of benzene rings is 1. The summed E-state index contributed by atoms with van der Waals surface area (Å²) < 4.78 is 5.35. The number of hydrogen-bond donors (Lipinski definition) is 1. The Bertz CT molecular complexity index is 923. The summed E-state index contributed by atoms with van der Waals surface area (Å²) in [4.78, 5) is 19.2. The summed E-state index contributed by atoms with van der Waals surface area (Å²) in [7, 11) is 1.66. The van der Waals surface area contributed by atoms with E-state index in [1.165, 1.54) is 0 Å². The SMILES string of the molecule is COc1cccc([C@@H]2CCCCN2C(=O)c2cc(-c3ccncc3)n[nH]2)c1. The fourth-order valence-electron chi connectivity index (χ4n) is 3.63. The van der Waals surface area contributed by atoms with Gasteiger partial charge in [0.25, 0.3) is 5.91 Å². The average molecular weight is 362 g/mol. The van der Waals surface area contributed by atoms with Gasteiger partial charge < -0.3 is 9.64 Å². The summed E-state index contributed by atoms with van der Waals surface area (Å²) in [6.07, 6.45) is 6.50. The van der Waals surface area contributed by atoms with Gasteiger partial charge in [-0.05, 0) is 55.2 Å². The highest BCUT2D eigenvalue weighted by Gasteiger charge is 2.30. The zero-order valence-electron chi connectivity index (χ0n) is 15.3. The van der Waals surface area contributed by atoms with Gasteiger partial charge in [-0.1, -0.05) is 12.1 Å². The Balaban J connectivity index is 1.60. The van der Waals surface area contributed by atoms with Gasteiger partial charge in [0, 0.05) is 24.5 Å². The highest BCUT2D eigenvalue weighted by molar-refractivity contribution is 5.93. The van der Waals surface area contributed by atoms with Crippen LogP contribution < -0.4 is 4.74 Å². The normalized spacial score (nSPS) is 16.9. The van der Waals surface area contributed by atoms with Crippen LogP contribution in [0.1, 0.15) is 41.4 Å². The summed E-state index contributed by atoms with van der Waals surface area (Å²) in [6.45, 7) is 0.740. The summed E-state index contributed by atoms with van der Waals surface area (Å²) in [5, 5.41) is 7.22. The third-order valence-corrected chi connectivity index (χ3v) is 5.03. The van der Waals surface area contributed by atoms with Crippen molar-refractivity contribution in [1.82, 2.24) is 20.1 Å². The smallest absolute Gasteiger partial charge is 0.272 e. The number of likely N-dealkylation sites (tertiary alicyclic amines) is 1. The van der Waals surface area contributed by atoms with Crippen molar-refractivity contribution in [2.24, 2.45) is 0 Å². The number of nitrogens with zero attached hydrogens (tertiary/aromatic N) is 3. The first kappa shape index (κ1) is 17.3. The van der Waals surface area contributed by atoms with E-state index >= 15 is 0 Å². The predicted molar refractivity (Wildman–Crippen MR) is 102 cm³/mol. The van der Waals surface area contributed by atoms with E-state index in [4.69, 9.17) is 4.74 Å². The number of piperidine rings is 1. The van der Waals surface area contributed by atoms with E-state index < -0.39 is 0 Å². The molecule has 1 amide bonds. The second-order valence-corrected chi connectivity index (χ2v) is 6.69. The van der Waals surface area contributed by atoms with Crippen LogP contribution in [0.4, 0.5) is 0 Å². The van der Waals surface area contributed by atoms with E-state index in [2.05, 4.69) is 21.2 Å². The third kappa shape index (κ3) is 3.56. The van der Waals surface area contributed by atoms with Gasteiger partial charge in [-0.3, -0.25) is 14.9 Å². The van der Waals surface area contributed by atoms with Gasteiger partial charge >= 0.3 is 0 Å². The molecule has 3 aromatic rings. The molecule has 4 rings (SSSR count). The van der Waals surface area contributed by atoms with Crippen molar-refractivity contribution in [3.05, 3.63) is 66.1 Å². The van der Waals surface area contributed by atoms with Crippen LogP contribution in [0.5, 0.6) is 5.75 Å². The molecule has 1 aromatic carbocycles. The molecule has 0 radical (unpaired) electrons. The molecule has 138 valence electrons. The van der Waals surface area contributed by atoms with Gasteiger partial charge in [-0.15, -0.1) is 0 Å². The maximum Gasteiger partial charge on any atom is 0.272 e. The van der Waals surface area contributed by atoms with Crippen LogP contribution in [0.2, 0.25) is 0 Å². The van der Waals surface area contributed by atoms with E-state index in [1.807, 2.05) is 41.3 Å². The molecule has 1 aliphatic heterocycles. The van der Waals surface area contributed by atoms with Crippen molar-refractivity contribution < 1.29 is 9.53 Å². The molecule has 0 spiro atoms. The molecule has 1 fully saturated rings. The molecule has 6 nitrogen and oxygen atoms in total. The van der Waals surface area contributed by atoms with Gasteiger partial charge in [-0.25, -0.2) is 0 Å². The summed E-state index contributed by atoms with van der Waals surface area (Å²) in [6, 6.07) is 13.6. The van der Waals surface area contributed by atoms with Crippen LogP contribution in [0.3, 0.4) is 0 Å². The number of pyridine rings is 1. The van der Waals surface area contributed by atoms with Crippen molar-refractivity contribution >= 4 is 5.91 Å².